The zero-order chi connectivity index (χ0) is 18.6. The van der Waals surface area contributed by atoms with Crippen LogP contribution in [0.4, 0.5) is 5.69 Å². The highest BCUT2D eigenvalue weighted by Crippen LogP contribution is 2.36. The van der Waals surface area contributed by atoms with E-state index in [4.69, 9.17) is 0 Å². The van der Waals surface area contributed by atoms with Crippen molar-refractivity contribution < 1.29 is 9.59 Å². The Bertz CT molecular complexity index is 816. The third kappa shape index (κ3) is 3.90. The molecule has 1 saturated heterocycles. The maximum Gasteiger partial charge on any atom is 0.255 e. The molecule has 2 aromatic carbocycles. The van der Waals surface area contributed by atoms with Gasteiger partial charge in [-0.25, -0.2) is 0 Å². The van der Waals surface area contributed by atoms with Gasteiger partial charge >= 0.3 is 0 Å². The van der Waals surface area contributed by atoms with Crippen molar-refractivity contribution in [3.05, 3.63) is 65.7 Å². The molecule has 2 amide bonds. The second-order valence-electron chi connectivity index (χ2n) is 7.65. The molecule has 1 aliphatic heterocycles. The molecule has 4 heteroatoms. The average Bonchev–Trinajstić information content (AvgIpc) is 2.73. The number of anilines is 1. The first-order valence-electron chi connectivity index (χ1n) is 10.00. The molecular formula is C23H26N2O2. The Kier molecular flexibility index (Phi) is 5.23. The highest BCUT2D eigenvalue weighted by Gasteiger charge is 2.35. The third-order valence-corrected chi connectivity index (χ3v) is 5.91. The van der Waals surface area contributed by atoms with Gasteiger partial charge in [0.2, 0.25) is 0 Å². The minimum atomic E-state index is -0.162. The molecule has 0 aromatic heterocycles. The average molecular weight is 362 g/mol. The van der Waals surface area contributed by atoms with Crippen LogP contribution in [0.15, 0.2) is 54.6 Å². The van der Waals surface area contributed by atoms with Gasteiger partial charge in [-0.1, -0.05) is 37.1 Å². The van der Waals surface area contributed by atoms with Crippen LogP contribution in [-0.4, -0.2) is 29.3 Å². The second kappa shape index (κ2) is 7.95. The minimum Gasteiger partial charge on any atom is -0.335 e. The number of nitrogens with one attached hydrogen (secondary N) is 1. The van der Waals surface area contributed by atoms with E-state index in [1.54, 1.807) is 18.2 Å². The predicted octanol–water partition coefficient (Wildman–Crippen LogP) is 4.73. The van der Waals surface area contributed by atoms with Crippen molar-refractivity contribution >= 4 is 17.5 Å². The molecule has 1 saturated carbocycles. The Morgan fingerprint density at radius 2 is 1.59 bits per heavy atom. The van der Waals surface area contributed by atoms with Crippen LogP contribution in [0.2, 0.25) is 0 Å². The van der Waals surface area contributed by atoms with Crippen LogP contribution in [0.25, 0.3) is 0 Å². The number of fused-ring (bicyclic) bond motifs is 1. The number of carbonyl (C=O) groups excluding carboxylic acids is 2. The van der Waals surface area contributed by atoms with Crippen LogP contribution in [-0.2, 0) is 0 Å². The minimum absolute atomic E-state index is 0.0995. The summed E-state index contributed by atoms with van der Waals surface area (Å²) < 4.78 is 0. The first-order chi connectivity index (χ1) is 13.2. The van der Waals surface area contributed by atoms with Crippen LogP contribution in [0, 0.1) is 5.92 Å². The monoisotopic (exact) mass is 362 g/mol. The Labute approximate surface area is 160 Å². The fraction of sp³-hybridized carbons (Fsp3) is 0.391. The first kappa shape index (κ1) is 17.8. The first-order valence-corrected chi connectivity index (χ1v) is 10.00. The molecule has 1 heterocycles. The number of carbonyl (C=O) groups is 2. The summed E-state index contributed by atoms with van der Waals surface area (Å²) in [6.45, 7) is 0.848. The molecule has 27 heavy (non-hydrogen) atoms. The zero-order valence-electron chi connectivity index (χ0n) is 15.6. The molecule has 140 valence electrons. The smallest absolute Gasteiger partial charge is 0.255 e. The maximum atomic E-state index is 13.2. The number of likely N-dealkylation sites (tertiary alicyclic amines) is 1. The van der Waals surface area contributed by atoms with Gasteiger partial charge in [-0.15, -0.1) is 0 Å². The quantitative estimate of drug-likeness (QED) is 0.858. The van der Waals surface area contributed by atoms with E-state index >= 15 is 0 Å². The third-order valence-electron chi connectivity index (χ3n) is 5.91. The molecule has 1 aliphatic carbocycles. The highest BCUT2D eigenvalue weighted by atomic mass is 16.2. The van der Waals surface area contributed by atoms with Crippen LogP contribution in [0.5, 0.6) is 0 Å². The number of piperidine rings is 1. The Morgan fingerprint density at radius 1 is 0.852 bits per heavy atom. The normalized spacial score (nSPS) is 22.0. The van der Waals surface area contributed by atoms with E-state index in [2.05, 4.69) is 10.2 Å². The molecule has 0 spiro atoms. The number of benzene rings is 2. The lowest BCUT2D eigenvalue weighted by Gasteiger charge is -2.44. The van der Waals surface area contributed by atoms with E-state index in [1.807, 2.05) is 36.4 Å². The lowest BCUT2D eigenvalue weighted by atomic mass is 9.78. The number of nitrogens with zero attached hydrogens (tertiary/aromatic N) is 1. The van der Waals surface area contributed by atoms with Crippen molar-refractivity contribution in [2.75, 3.05) is 11.9 Å². The summed E-state index contributed by atoms with van der Waals surface area (Å²) in [5.74, 6) is 0.602. The van der Waals surface area contributed by atoms with Gasteiger partial charge in [0, 0.05) is 29.4 Å². The Morgan fingerprint density at radius 3 is 2.44 bits per heavy atom. The second-order valence-corrected chi connectivity index (χ2v) is 7.65. The molecule has 2 atom stereocenters. The van der Waals surface area contributed by atoms with Crippen molar-refractivity contribution in [2.45, 2.75) is 44.6 Å². The fourth-order valence-corrected chi connectivity index (χ4v) is 4.57. The number of rotatable bonds is 3. The van der Waals surface area contributed by atoms with Gasteiger partial charge in [0.1, 0.15) is 0 Å². The lowest BCUT2D eigenvalue weighted by Crippen LogP contribution is -2.49. The standard InChI is InChI=1S/C23H26N2O2/c26-22(18-9-2-1-3-10-18)24-20-13-6-11-19(16-20)23(27)25-15-7-12-17-8-4-5-14-21(17)25/h1-3,6,9-11,13,16-17,21H,4-5,7-8,12,14-15H2,(H,24,26)/t17-,21+/m1/s1. The van der Waals surface area contributed by atoms with E-state index in [0.717, 1.165) is 19.4 Å². The molecule has 2 aliphatic rings. The molecule has 2 fully saturated rings. The van der Waals surface area contributed by atoms with Crippen LogP contribution >= 0.6 is 0 Å². The highest BCUT2D eigenvalue weighted by molar-refractivity contribution is 6.05. The van der Waals surface area contributed by atoms with E-state index in [0.29, 0.717) is 28.8 Å². The van der Waals surface area contributed by atoms with Gasteiger partial charge in [0.05, 0.1) is 0 Å². The van der Waals surface area contributed by atoms with E-state index < -0.39 is 0 Å². The van der Waals surface area contributed by atoms with Crippen molar-refractivity contribution in [3.63, 3.8) is 0 Å². The maximum absolute atomic E-state index is 13.2. The van der Waals surface area contributed by atoms with Gasteiger partial charge in [0.15, 0.2) is 0 Å². The van der Waals surface area contributed by atoms with E-state index in [9.17, 15) is 9.59 Å². The number of amides is 2. The van der Waals surface area contributed by atoms with Crippen LogP contribution in [0.3, 0.4) is 0 Å². The van der Waals surface area contributed by atoms with Crippen molar-refractivity contribution in [2.24, 2.45) is 5.92 Å². The molecule has 4 rings (SSSR count). The summed E-state index contributed by atoms with van der Waals surface area (Å²) in [4.78, 5) is 27.6. The van der Waals surface area contributed by atoms with Gasteiger partial charge in [-0.05, 0) is 61.9 Å². The molecule has 4 nitrogen and oxygen atoms in total. The van der Waals surface area contributed by atoms with Gasteiger partial charge in [0.25, 0.3) is 11.8 Å². The zero-order valence-corrected chi connectivity index (χ0v) is 15.6. The summed E-state index contributed by atoms with van der Waals surface area (Å²) >= 11 is 0. The Hall–Kier alpha value is -2.62. The SMILES string of the molecule is O=C(Nc1cccc(C(=O)N2CCC[C@H]3CCCC[C@@H]32)c1)c1ccccc1. The van der Waals surface area contributed by atoms with Crippen LogP contribution in [0.1, 0.15) is 59.2 Å². The lowest BCUT2D eigenvalue weighted by molar-refractivity contribution is 0.0390. The molecular weight excluding hydrogens is 336 g/mol. The molecule has 2 aromatic rings. The summed E-state index contributed by atoms with van der Waals surface area (Å²) in [5.41, 5.74) is 1.93. The summed E-state index contributed by atoms with van der Waals surface area (Å²) in [6, 6.07) is 16.8. The Balaban J connectivity index is 1.50. The van der Waals surface area contributed by atoms with Gasteiger partial charge in [-0.3, -0.25) is 9.59 Å². The van der Waals surface area contributed by atoms with Gasteiger partial charge < -0.3 is 10.2 Å². The number of hydrogen-bond acceptors (Lipinski definition) is 2. The molecule has 1 N–H and O–H groups in total. The fourth-order valence-electron chi connectivity index (χ4n) is 4.57. The van der Waals surface area contributed by atoms with Gasteiger partial charge in [-0.2, -0.15) is 0 Å². The topological polar surface area (TPSA) is 49.4 Å². The van der Waals surface area contributed by atoms with Crippen molar-refractivity contribution in [1.82, 2.24) is 4.90 Å². The number of hydrogen-bond donors (Lipinski definition) is 1. The molecule has 0 radical (unpaired) electrons. The van der Waals surface area contributed by atoms with Crippen LogP contribution < -0.4 is 5.32 Å². The molecule has 0 unspecified atom stereocenters. The van der Waals surface area contributed by atoms with Crippen molar-refractivity contribution in [1.29, 1.82) is 0 Å². The largest absolute Gasteiger partial charge is 0.335 e. The summed E-state index contributed by atoms with van der Waals surface area (Å²) in [5, 5.41) is 2.90. The van der Waals surface area contributed by atoms with Crippen molar-refractivity contribution in [3.8, 4) is 0 Å². The summed E-state index contributed by atoms with van der Waals surface area (Å²) in [7, 11) is 0. The molecule has 0 bridgehead atoms. The summed E-state index contributed by atoms with van der Waals surface area (Å²) in [6.07, 6.45) is 7.24. The predicted molar refractivity (Wildman–Crippen MR) is 107 cm³/mol. The van der Waals surface area contributed by atoms with E-state index in [-0.39, 0.29) is 11.8 Å². The van der Waals surface area contributed by atoms with E-state index in [1.165, 1.54) is 25.7 Å².